The molecule has 56 heavy (non-hydrogen) atoms. The van der Waals surface area contributed by atoms with E-state index < -0.39 is 0 Å². The first-order valence-electron chi connectivity index (χ1n) is 20.9. The molecule has 0 atom stereocenters. The molecule has 10 aromatic rings. The van der Waals surface area contributed by atoms with Crippen molar-refractivity contribution < 1.29 is 5.48 Å². The summed E-state index contributed by atoms with van der Waals surface area (Å²) < 4.78 is 40.3. The van der Waals surface area contributed by atoms with Gasteiger partial charge in [0.25, 0.3) is 0 Å². The molecule has 0 aliphatic rings. The lowest BCUT2D eigenvalue weighted by atomic mass is 9.94. The molecule has 1 aromatic heterocycles. The van der Waals surface area contributed by atoms with E-state index in [1.807, 2.05) is 91.0 Å². The predicted molar refractivity (Wildman–Crippen MR) is 237 cm³/mol. The van der Waals surface area contributed by atoms with Crippen LogP contribution in [-0.4, -0.2) is 4.57 Å². The Bertz CT molecular complexity index is 3050. The highest BCUT2D eigenvalue weighted by molar-refractivity contribution is 6.16. The van der Waals surface area contributed by atoms with Gasteiger partial charge in [0.05, 0.1) is 22.2 Å². The van der Waals surface area contributed by atoms with Gasteiger partial charge in [0.2, 0.25) is 0 Å². The molecule has 0 amide bonds. The van der Waals surface area contributed by atoms with Crippen LogP contribution < -0.4 is 4.90 Å². The molecule has 0 unspecified atom stereocenters. The molecule has 0 saturated carbocycles. The molecule has 0 fully saturated rings. The Hall–Kier alpha value is -7.42. The van der Waals surface area contributed by atoms with Gasteiger partial charge in [-0.05, 0) is 99.5 Å². The van der Waals surface area contributed by atoms with Gasteiger partial charge in [0.1, 0.15) is 0 Å². The maximum Gasteiger partial charge on any atom is 0.0645 e. The van der Waals surface area contributed by atoms with Crippen LogP contribution in [0.3, 0.4) is 0 Å². The van der Waals surface area contributed by atoms with Crippen LogP contribution in [0.1, 0.15) is 5.48 Å². The largest absolute Gasteiger partial charge is 0.310 e. The minimum atomic E-state index is 0.123. The van der Waals surface area contributed by atoms with Gasteiger partial charge in [0, 0.05) is 33.4 Å². The number of hydrogen-bond acceptors (Lipinski definition) is 1. The van der Waals surface area contributed by atoms with Crippen LogP contribution in [0.5, 0.6) is 0 Å². The Labute approximate surface area is 333 Å². The molecule has 0 N–H and O–H groups in total. The maximum absolute atomic E-state index is 9.49. The summed E-state index contributed by atoms with van der Waals surface area (Å²) in [5.74, 6) is 0. The molecule has 10 rings (SSSR count). The molecule has 0 spiro atoms. The third-order valence-electron chi connectivity index (χ3n) is 10.5. The third-order valence-corrected chi connectivity index (χ3v) is 10.5. The highest BCUT2D eigenvalue weighted by atomic mass is 15.1. The van der Waals surface area contributed by atoms with Crippen molar-refractivity contribution in [1.29, 1.82) is 0 Å². The lowest BCUT2D eigenvalue weighted by molar-refractivity contribution is 1.18. The number of anilines is 3. The number of para-hydroxylation sites is 3. The zero-order valence-electron chi connectivity index (χ0n) is 34.5. The summed E-state index contributed by atoms with van der Waals surface area (Å²) in [5, 5.41) is 2.33. The number of fused-ring (bicyclic) bond motifs is 3. The van der Waals surface area contributed by atoms with Crippen molar-refractivity contribution in [3.8, 4) is 50.2 Å². The van der Waals surface area contributed by atoms with Gasteiger partial charge >= 0.3 is 0 Å². The number of hydrogen-bond donors (Lipinski definition) is 0. The first-order valence-corrected chi connectivity index (χ1v) is 18.9. The summed E-state index contributed by atoms with van der Waals surface area (Å²) in [6.45, 7) is 0. The van der Waals surface area contributed by atoms with Gasteiger partial charge < -0.3 is 9.47 Å². The van der Waals surface area contributed by atoms with E-state index in [0.717, 1.165) is 66.6 Å². The predicted octanol–water partition coefficient (Wildman–Crippen LogP) is 14.9. The van der Waals surface area contributed by atoms with Crippen LogP contribution in [0.2, 0.25) is 0 Å². The Kier molecular flexibility index (Phi) is 7.47. The van der Waals surface area contributed by atoms with Gasteiger partial charge in [-0.25, -0.2) is 0 Å². The lowest BCUT2D eigenvalue weighted by Gasteiger charge is -2.28. The standard InChI is InChI=1S/C54H38N2/c1-4-16-39(17-5-1)41-30-34-46(35-31-41)55(47-36-32-42(33-37-47)40-18-6-2-7-19-40)51-27-12-10-24-48(51)43-20-14-21-44(38-43)49-26-15-29-53-54(49)50-25-11-13-28-52(50)56(53)45-22-8-3-9-23-45/h1-38H/i34D,35D,36D,37D. The van der Waals surface area contributed by atoms with Gasteiger partial charge in [-0.15, -0.1) is 0 Å². The second-order valence-electron chi connectivity index (χ2n) is 13.8. The Morgan fingerprint density at radius 1 is 0.357 bits per heavy atom. The van der Waals surface area contributed by atoms with Gasteiger partial charge in [0.15, 0.2) is 0 Å². The minimum absolute atomic E-state index is 0.123. The van der Waals surface area contributed by atoms with E-state index in [1.54, 1.807) is 29.2 Å². The Morgan fingerprint density at radius 3 is 1.45 bits per heavy atom. The summed E-state index contributed by atoms with van der Waals surface area (Å²) in [4.78, 5) is 1.79. The van der Waals surface area contributed by atoms with Crippen molar-refractivity contribution in [1.82, 2.24) is 4.57 Å². The number of nitrogens with zero attached hydrogens (tertiary/aromatic N) is 2. The van der Waals surface area contributed by atoms with E-state index in [2.05, 4.69) is 95.6 Å². The molecule has 1 heterocycles. The SMILES string of the molecule is [2H]c1cc(-c2ccccc2)cc([2H])c1N(c1ccccc1-c1cccc(-c2cccc3c2c2ccccc2n3-c2ccccc2)c1)c1c([2H])cc(-c2ccccc2)cc1[2H]. The van der Waals surface area contributed by atoms with Crippen LogP contribution in [0.15, 0.2) is 230 Å². The minimum Gasteiger partial charge on any atom is -0.310 e. The molecule has 0 bridgehead atoms. The molecule has 2 nitrogen and oxygen atoms in total. The quantitative estimate of drug-likeness (QED) is 0.152. The second-order valence-corrected chi connectivity index (χ2v) is 13.8. The summed E-state index contributed by atoms with van der Waals surface area (Å²) in [5.41, 5.74) is 11.9. The van der Waals surface area contributed by atoms with E-state index in [0.29, 0.717) is 17.1 Å². The number of rotatable bonds is 8. The third kappa shape index (κ3) is 6.04. The number of aromatic nitrogens is 1. The molecule has 0 radical (unpaired) electrons. The van der Waals surface area contributed by atoms with Crippen molar-refractivity contribution >= 4 is 38.9 Å². The zero-order chi connectivity index (χ0) is 40.7. The van der Waals surface area contributed by atoms with E-state index in [9.17, 15) is 5.48 Å². The summed E-state index contributed by atoms with van der Waals surface area (Å²) in [7, 11) is 0. The lowest BCUT2D eigenvalue weighted by Crippen LogP contribution is -2.11. The fourth-order valence-corrected chi connectivity index (χ4v) is 7.84. The summed E-state index contributed by atoms with van der Waals surface area (Å²) >= 11 is 0. The monoisotopic (exact) mass is 718 g/mol. The fourth-order valence-electron chi connectivity index (χ4n) is 7.84. The Morgan fingerprint density at radius 2 is 0.804 bits per heavy atom. The fraction of sp³-hybridized carbons (Fsp3) is 0. The van der Waals surface area contributed by atoms with Gasteiger partial charge in [-0.2, -0.15) is 0 Å². The maximum atomic E-state index is 9.49. The molecule has 264 valence electrons. The van der Waals surface area contributed by atoms with E-state index in [1.165, 1.54) is 5.39 Å². The van der Waals surface area contributed by atoms with Crippen LogP contribution in [0.4, 0.5) is 17.1 Å². The molecule has 9 aromatic carbocycles. The van der Waals surface area contributed by atoms with Crippen molar-refractivity contribution in [2.45, 2.75) is 0 Å². The smallest absolute Gasteiger partial charge is 0.0645 e. The molecule has 0 aliphatic carbocycles. The van der Waals surface area contributed by atoms with E-state index in [-0.39, 0.29) is 24.2 Å². The Balaban J connectivity index is 1.17. The molecule has 0 saturated heterocycles. The van der Waals surface area contributed by atoms with Crippen LogP contribution >= 0.6 is 0 Å². The summed E-state index contributed by atoms with van der Waals surface area (Å²) in [6, 6.07) is 69.1. The van der Waals surface area contributed by atoms with Gasteiger partial charge in [-0.3, -0.25) is 0 Å². The zero-order valence-corrected chi connectivity index (χ0v) is 30.5. The topological polar surface area (TPSA) is 8.17 Å². The van der Waals surface area contributed by atoms with Gasteiger partial charge in [-0.1, -0.05) is 170 Å². The first-order chi connectivity index (χ1) is 29.4. The molecular formula is C54H38N2. The highest BCUT2D eigenvalue weighted by Crippen LogP contribution is 2.44. The summed E-state index contributed by atoms with van der Waals surface area (Å²) in [6.07, 6.45) is 0. The van der Waals surface area contributed by atoms with Crippen molar-refractivity contribution in [2.24, 2.45) is 0 Å². The average molecular weight is 719 g/mol. The van der Waals surface area contributed by atoms with Crippen LogP contribution in [-0.2, 0) is 0 Å². The molecule has 0 aliphatic heterocycles. The van der Waals surface area contributed by atoms with Crippen LogP contribution in [0.25, 0.3) is 72.0 Å². The van der Waals surface area contributed by atoms with Crippen LogP contribution in [0, 0.1) is 0 Å². The first kappa shape index (κ1) is 29.0. The second kappa shape index (κ2) is 14.4. The van der Waals surface area contributed by atoms with E-state index >= 15 is 0 Å². The van der Waals surface area contributed by atoms with E-state index in [4.69, 9.17) is 0 Å². The molecule has 2 heteroatoms. The van der Waals surface area contributed by atoms with Crippen molar-refractivity contribution in [3.05, 3.63) is 230 Å². The average Bonchev–Trinajstić information content (AvgIpc) is 3.63. The molecular weight excluding hydrogens is 677 g/mol. The van der Waals surface area contributed by atoms with Crippen molar-refractivity contribution in [3.63, 3.8) is 0 Å². The normalized spacial score (nSPS) is 12.2. The van der Waals surface area contributed by atoms with Crippen molar-refractivity contribution in [2.75, 3.05) is 4.90 Å². The number of benzene rings is 9. The highest BCUT2D eigenvalue weighted by Gasteiger charge is 2.20.